The minimum atomic E-state index is -3.52. The summed E-state index contributed by atoms with van der Waals surface area (Å²) in [5, 5.41) is 0.194. The quantitative estimate of drug-likeness (QED) is 0.822. The fraction of sp³-hybridized carbons (Fsp3) is 0.267. The number of aromatic nitrogens is 2. The lowest BCUT2D eigenvalue weighted by Gasteiger charge is -2.27. The van der Waals surface area contributed by atoms with Crippen molar-refractivity contribution in [3.8, 4) is 0 Å². The molecule has 0 aliphatic carbocycles. The van der Waals surface area contributed by atoms with Crippen LogP contribution in [0.4, 0.5) is 5.69 Å². The first-order valence-corrected chi connectivity index (χ1v) is 9.63. The van der Waals surface area contributed by atoms with Crippen LogP contribution in [-0.4, -0.2) is 42.0 Å². The van der Waals surface area contributed by atoms with Crippen molar-refractivity contribution in [3.05, 3.63) is 56.7 Å². The number of amides is 1. The fourth-order valence-electron chi connectivity index (χ4n) is 2.66. The zero-order valence-corrected chi connectivity index (χ0v) is 14.8. The normalized spacial score (nSPS) is 14.1. The summed E-state index contributed by atoms with van der Waals surface area (Å²) in [5.74, 6) is -0.291. The first kappa shape index (κ1) is 17.4. The molecule has 1 amide bonds. The number of hydrogen-bond acceptors (Lipinski definition) is 5. The number of benzene rings is 1. The van der Waals surface area contributed by atoms with Gasteiger partial charge in [0.2, 0.25) is 10.0 Å². The zero-order chi connectivity index (χ0) is 18.2. The maximum absolute atomic E-state index is 12.7. The summed E-state index contributed by atoms with van der Waals surface area (Å²) in [6.45, 7) is 0.591. The topological polar surface area (TPSA) is 112 Å². The molecule has 10 heteroatoms. The average molecular weight is 383 g/mol. The maximum Gasteiger partial charge on any atom is 0.254 e. The van der Waals surface area contributed by atoms with Gasteiger partial charge in [0.25, 0.3) is 11.5 Å². The van der Waals surface area contributed by atoms with Gasteiger partial charge in [-0.25, -0.2) is 13.4 Å². The van der Waals surface area contributed by atoms with Crippen molar-refractivity contribution in [1.82, 2.24) is 14.9 Å². The molecule has 0 radical (unpaired) electrons. The molecule has 0 saturated heterocycles. The summed E-state index contributed by atoms with van der Waals surface area (Å²) >= 11 is 5.98. The second-order valence-electron chi connectivity index (χ2n) is 5.70. The van der Waals surface area contributed by atoms with Crippen molar-refractivity contribution in [3.63, 3.8) is 0 Å². The van der Waals surface area contributed by atoms with E-state index in [0.29, 0.717) is 29.8 Å². The molecule has 0 bridgehead atoms. The number of carbonyl (C=O) groups excluding carboxylic acids is 1. The molecule has 8 nitrogen and oxygen atoms in total. The van der Waals surface area contributed by atoms with Gasteiger partial charge in [-0.2, -0.15) is 0 Å². The second kappa shape index (κ2) is 6.49. The van der Waals surface area contributed by atoms with Crippen LogP contribution in [0.15, 0.2) is 29.3 Å². The third kappa shape index (κ3) is 3.83. The van der Waals surface area contributed by atoms with Gasteiger partial charge in [0.15, 0.2) is 0 Å². The third-order valence-electron chi connectivity index (χ3n) is 3.81. The summed E-state index contributed by atoms with van der Waals surface area (Å²) in [6.07, 6.45) is 2.72. The summed E-state index contributed by atoms with van der Waals surface area (Å²) in [7, 11) is -3.52. The lowest BCUT2D eigenvalue weighted by Crippen LogP contribution is -2.39. The second-order valence-corrected chi connectivity index (χ2v) is 7.86. The highest BCUT2D eigenvalue weighted by Gasteiger charge is 2.25. The van der Waals surface area contributed by atoms with Gasteiger partial charge in [-0.1, -0.05) is 11.6 Å². The summed E-state index contributed by atoms with van der Waals surface area (Å²) in [4.78, 5) is 32.7. The first-order chi connectivity index (χ1) is 11.7. The van der Waals surface area contributed by atoms with Crippen LogP contribution in [0.1, 0.15) is 21.6 Å². The van der Waals surface area contributed by atoms with Crippen LogP contribution < -0.4 is 10.3 Å². The number of hydrogen-bond donors (Lipinski definition) is 2. The SMILES string of the molecule is CS(=O)(=O)Nc1cc(C(=O)N2CCc3c(nc[nH]c3=O)C2)ccc1Cl. The Bertz CT molecular complexity index is 1000. The number of fused-ring (bicyclic) bond motifs is 1. The zero-order valence-electron chi connectivity index (χ0n) is 13.2. The fourth-order valence-corrected chi connectivity index (χ4v) is 3.45. The van der Waals surface area contributed by atoms with Gasteiger partial charge in [0.1, 0.15) is 0 Å². The standard InChI is InChI=1S/C15H15ClN4O4S/c1-25(23,24)19-12-6-9(2-3-11(12)16)15(22)20-5-4-10-13(7-20)17-8-18-14(10)21/h2-3,6,8,19H,4-5,7H2,1H3,(H,17,18,21). The number of anilines is 1. The van der Waals surface area contributed by atoms with Crippen molar-refractivity contribution in [2.75, 3.05) is 17.5 Å². The summed E-state index contributed by atoms with van der Waals surface area (Å²) < 4.78 is 25.1. The Morgan fingerprint density at radius 1 is 1.40 bits per heavy atom. The van der Waals surface area contributed by atoms with Gasteiger partial charge >= 0.3 is 0 Å². The van der Waals surface area contributed by atoms with Gasteiger partial charge < -0.3 is 9.88 Å². The predicted octanol–water partition coefficient (Wildman–Crippen LogP) is 0.993. The molecule has 2 heterocycles. The molecule has 0 fully saturated rings. The number of sulfonamides is 1. The van der Waals surface area contributed by atoms with Gasteiger partial charge in [-0.05, 0) is 24.6 Å². The number of nitrogens with one attached hydrogen (secondary N) is 2. The smallest absolute Gasteiger partial charge is 0.254 e. The van der Waals surface area contributed by atoms with Crippen molar-refractivity contribution >= 4 is 33.2 Å². The minimum Gasteiger partial charge on any atom is -0.332 e. The van der Waals surface area contributed by atoms with Crippen molar-refractivity contribution in [2.24, 2.45) is 0 Å². The van der Waals surface area contributed by atoms with Gasteiger partial charge in [0, 0.05) is 17.7 Å². The lowest BCUT2D eigenvalue weighted by atomic mass is 10.1. The Morgan fingerprint density at radius 2 is 2.16 bits per heavy atom. The average Bonchev–Trinajstić information content (AvgIpc) is 2.55. The molecule has 1 aliphatic heterocycles. The lowest BCUT2D eigenvalue weighted by molar-refractivity contribution is 0.0731. The van der Waals surface area contributed by atoms with Crippen LogP contribution >= 0.6 is 11.6 Å². The number of rotatable bonds is 3. The van der Waals surface area contributed by atoms with E-state index in [0.717, 1.165) is 6.26 Å². The Kier molecular flexibility index (Phi) is 4.53. The summed E-state index contributed by atoms with van der Waals surface area (Å²) in [6, 6.07) is 4.38. The minimum absolute atomic E-state index is 0.141. The van der Waals surface area contributed by atoms with Gasteiger partial charge in [-0.3, -0.25) is 14.3 Å². The van der Waals surface area contributed by atoms with E-state index < -0.39 is 10.0 Å². The molecular formula is C15H15ClN4O4S. The Hall–Kier alpha value is -2.39. The van der Waals surface area contributed by atoms with Crippen LogP contribution in [0, 0.1) is 0 Å². The van der Waals surface area contributed by atoms with Crippen LogP contribution in [0.25, 0.3) is 0 Å². The highest BCUT2D eigenvalue weighted by molar-refractivity contribution is 7.92. The van der Waals surface area contributed by atoms with Crippen LogP contribution in [0.5, 0.6) is 0 Å². The highest BCUT2D eigenvalue weighted by Crippen LogP contribution is 2.25. The van der Waals surface area contributed by atoms with Crippen LogP contribution in [0.2, 0.25) is 5.02 Å². The Balaban J connectivity index is 1.87. The van der Waals surface area contributed by atoms with Gasteiger partial charge in [0.05, 0.1) is 35.5 Å². The van der Waals surface area contributed by atoms with E-state index in [1.165, 1.54) is 24.5 Å². The molecule has 1 aliphatic rings. The monoisotopic (exact) mass is 382 g/mol. The maximum atomic E-state index is 12.7. The molecule has 0 spiro atoms. The molecule has 2 N–H and O–H groups in total. The Labute approximate surface area is 148 Å². The highest BCUT2D eigenvalue weighted by atomic mass is 35.5. The molecular weight excluding hydrogens is 368 g/mol. The molecule has 0 unspecified atom stereocenters. The molecule has 132 valence electrons. The van der Waals surface area contributed by atoms with E-state index in [2.05, 4.69) is 14.7 Å². The molecule has 1 aromatic heterocycles. The summed E-state index contributed by atoms with van der Waals surface area (Å²) in [5.41, 5.74) is 1.39. The van der Waals surface area contributed by atoms with Crippen molar-refractivity contribution in [2.45, 2.75) is 13.0 Å². The molecule has 25 heavy (non-hydrogen) atoms. The van der Waals surface area contributed by atoms with E-state index in [-0.39, 0.29) is 28.7 Å². The van der Waals surface area contributed by atoms with E-state index >= 15 is 0 Å². The number of H-pyrrole nitrogens is 1. The third-order valence-corrected chi connectivity index (χ3v) is 4.73. The van der Waals surface area contributed by atoms with E-state index in [1.54, 1.807) is 4.90 Å². The van der Waals surface area contributed by atoms with Crippen LogP contribution in [0.3, 0.4) is 0 Å². The molecule has 0 atom stereocenters. The predicted molar refractivity (Wildman–Crippen MR) is 93.2 cm³/mol. The van der Waals surface area contributed by atoms with Gasteiger partial charge in [-0.15, -0.1) is 0 Å². The number of carbonyl (C=O) groups is 1. The number of halogens is 1. The van der Waals surface area contributed by atoms with Crippen LogP contribution in [-0.2, 0) is 23.0 Å². The van der Waals surface area contributed by atoms with Crippen molar-refractivity contribution in [1.29, 1.82) is 0 Å². The number of nitrogens with zero attached hydrogens (tertiary/aromatic N) is 2. The molecule has 1 aromatic carbocycles. The van der Waals surface area contributed by atoms with E-state index in [1.807, 2.05) is 0 Å². The van der Waals surface area contributed by atoms with Crippen molar-refractivity contribution < 1.29 is 13.2 Å². The Morgan fingerprint density at radius 3 is 2.88 bits per heavy atom. The molecule has 2 aromatic rings. The first-order valence-electron chi connectivity index (χ1n) is 7.36. The number of aromatic amines is 1. The van der Waals surface area contributed by atoms with E-state index in [4.69, 9.17) is 11.6 Å². The van der Waals surface area contributed by atoms with E-state index in [9.17, 15) is 18.0 Å². The molecule has 0 saturated carbocycles. The largest absolute Gasteiger partial charge is 0.332 e. The molecule has 3 rings (SSSR count).